The van der Waals surface area contributed by atoms with Crippen LogP contribution in [0, 0.1) is 0 Å². The highest BCUT2D eigenvalue weighted by atomic mass is 16.5. The molecular formula is C13H19N3O. The highest BCUT2D eigenvalue weighted by Crippen LogP contribution is 1.98. The van der Waals surface area contributed by atoms with Gasteiger partial charge in [-0.1, -0.05) is 0 Å². The number of aromatic nitrogens is 1. The van der Waals surface area contributed by atoms with Gasteiger partial charge in [-0.3, -0.25) is 14.9 Å². The maximum absolute atomic E-state index is 5.31. The first kappa shape index (κ1) is 12.2. The second-order valence-electron chi connectivity index (χ2n) is 4.12. The second kappa shape index (κ2) is 7.14. The molecule has 0 atom stereocenters. The summed E-state index contributed by atoms with van der Waals surface area (Å²) < 4.78 is 5.31. The van der Waals surface area contributed by atoms with Crippen LogP contribution >= 0.6 is 0 Å². The maximum Gasteiger partial charge on any atom is 0.0594 e. The van der Waals surface area contributed by atoms with Crippen molar-refractivity contribution in [3.05, 3.63) is 30.1 Å². The van der Waals surface area contributed by atoms with Crippen molar-refractivity contribution in [1.29, 1.82) is 0 Å². The van der Waals surface area contributed by atoms with Crippen molar-refractivity contribution in [1.82, 2.24) is 9.88 Å². The standard InChI is InChI=1S/C13H19N3O/c1(7-16-8-10-17-11-9-16)4-15-12-13-2-5-14-6-3-13/h2-3,5-6,12H,1,4,7-11H2. The molecule has 0 N–H and O–H groups in total. The summed E-state index contributed by atoms with van der Waals surface area (Å²) in [6, 6.07) is 3.93. The molecule has 1 saturated heterocycles. The molecule has 4 heteroatoms. The van der Waals surface area contributed by atoms with Gasteiger partial charge < -0.3 is 4.74 Å². The van der Waals surface area contributed by atoms with Crippen LogP contribution in [-0.4, -0.2) is 55.5 Å². The molecular weight excluding hydrogens is 214 g/mol. The average Bonchev–Trinajstić information content (AvgIpc) is 2.41. The van der Waals surface area contributed by atoms with Crippen LogP contribution in [0.5, 0.6) is 0 Å². The van der Waals surface area contributed by atoms with Crippen LogP contribution in [0.25, 0.3) is 0 Å². The van der Waals surface area contributed by atoms with E-state index in [2.05, 4.69) is 14.9 Å². The smallest absolute Gasteiger partial charge is 0.0594 e. The van der Waals surface area contributed by atoms with Crippen LogP contribution < -0.4 is 0 Å². The third-order valence-electron chi connectivity index (χ3n) is 2.81. The SMILES string of the molecule is C(=NCCCN1CCOCC1)c1ccncc1. The van der Waals surface area contributed by atoms with E-state index in [0.29, 0.717) is 0 Å². The van der Waals surface area contributed by atoms with Gasteiger partial charge in [0.15, 0.2) is 0 Å². The van der Waals surface area contributed by atoms with E-state index < -0.39 is 0 Å². The van der Waals surface area contributed by atoms with E-state index in [1.807, 2.05) is 18.3 Å². The highest BCUT2D eigenvalue weighted by molar-refractivity contribution is 5.79. The Morgan fingerprint density at radius 3 is 2.82 bits per heavy atom. The summed E-state index contributed by atoms with van der Waals surface area (Å²) in [6.07, 6.45) is 6.60. The number of hydrogen-bond donors (Lipinski definition) is 0. The second-order valence-corrected chi connectivity index (χ2v) is 4.12. The molecule has 2 rings (SSSR count). The molecule has 0 amide bonds. The quantitative estimate of drug-likeness (QED) is 0.567. The Bertz CT molecular complexity index is 334. The minimum absolute atomic E-state index is 0.875. The fraction of sp³-hybridized carbons (Fsp3) is 0.538. The van der Waals surface area contributed by atoms with E-state index >= 15 is 0 Å². The lowest BCUT2D eigenvalue weighted by Crippen LogP contribution is -2.37. The van der Waals surface area contributed by atoms with Gasteiger partial charge in [0.1, 0.15) is 0 Å². The van der Waals surface area contributed by atoms with Gasteiger partial charge in [0, 0.05) is 44.8 Å². The van der Waals surface area contributed by atoms with Crippen molar-refractivity contribution < 1.29 is 4.74 Å². The number of rotatable bonds is 5. The van der Waals surface area contributed by atoms with Gasteiger partial charge in [-0.2, -0.15) is 0 Å². The van der Waals surface area contributed by atoms with Crippen molar-refractivity contribution in [2.24, 2.45) is 4.99 Å². The molecule has 1 aromatic rings. The summed E-state index contributed by atoms with van der Waals surface area (Å²) in [7, 11) is 0. The van der Waals surface area contributed by atoms with E-state index in [-0.39, 0.29) is 0 Å². The zero-order chi connectivity index (χ0) is 11.8. The fourth-order valence-corrected chi connectivity index (χ4v) is 1.83. The molecule has 0 aliphatic carbocycles. The summed E-state index contributed by atoms with van der Waals surface area (Å²) in [5.74, 6) is 0. The Hall–Kier alpha value is -1.26. The first-order valence-corrected chi connectivity index (χ1v) is 6.15. The van der Waals surface area contributed by atoms with Crippen molar-refractivity contribution in [2.75, 3.05) is 39.4 Å². The maximum atomic E-state index is 5.31. The Morgan fingerprint density at radius 1 is 1.29 bits per heavy atom. The molecule has 2 heterocycles. The van der Waals surface area contributed by atoms with Gasteiger partial charge in [-0.05, 0) is 24.1 Å². The summed E-state index contributed by atoms with van der Waals surface area (Å²) in [4.78, 5) is 10.8. The zero-order valence-corrected chi connectivity index (χ0v) is 10.1. The highest BCUT2D eigenvalue weighted by Gasteiger charge is 2.08. The predicted octanol–water partition coefficient (Wildman–Crippen LogP) is 1.22. The van der Waals surface area contributed by atoms with E-state index in [4.69, 9.17) is 4.74 Å². The van der Waals surface area contributed by atoms with Gasteiger partial charge in [0.2, 0.25) is 0 Å². The number of hydrogen-bond acceptors (Lipinski definition) is 4. The van der Waals surface area contributed by atoms with E-state index in [1.54, 1.807) is 12.4 Å². The molecule has 0 aromatic carbocycles. The first-order chi connectivity index (χ1) is 8.45. The summed E-state index contributed by atoms with van der Waals surface area (Å²) >= 11 is 0. The molecule has 1 aliphatic heterocycles. The molecule has 0 unspecified atom stereocenters. The van der Waals surface area contributed by atoms with Gasteiger partial charge in [0.05, 0.1) is 13.2 Å². The fourth-order valence-electron chi connectivity index (χ4n) is 1.83. The van der Waals surface area contributed by atoms with Gasteiger partial charge in [0.25, 0.3) is 0 Å². The topological polar surface area (TPSA) is 37.7 Å². The molecule has 17 heavy (non-hydrogen) atoms. The number of nitrogens with zero attached hydrogens (tertiary/aromatic N) is 3. The van der Waals surface area contributed by atoms with Crippen LogP contribution in [0.2, 0.25) is 0 Å². The largest absolute Gasteiger partial charge is 0.379 e. The Labute approximate surface area is 102 Å². The monoisotopic (exact) mass is 233 g/mol. The number of ether oxygens (including phenoxy) is 1. The molecule has 1 aliphatic rings. The molecule has 1 fully saturated rings. The first-order valence-electron chi connectivity index (χ1n) is 6.15. The minimum Gasteiger partial charge on any atom is -0.379 e. The molecule has 4 nitrogen and oxygen atoms in total. The Morgan fingerprint density at radius 2 is 2.06 bits per heavy atom. The van der Waals surface area contributed by atoms with E-state index in [1.165, 1.54) is 0 Å². The zero-order valence-electron chi connectivity index (χ0n) is 10.1. The van der Waals surface area contributed by atoms with Gasteiger partial charge in [-0.15, -0.1) is 0 Å². The van der Waals surface area contributed by atoms with Crippen LogP contribution in [0.3, 0.4) is 0 Å². The predicted molar refractivity (Wildman–Crippen MR) is 68.6 cm³/mol. The van der Waals surface area contributed by atoms with Crippen molar-refractivity contribution in [3.8, 4) is 0 Å². The van der Waals surface area contributed by atoms with Crippen molar-refractivity contribution in [3.63, 3.8) is 0 Å². The van der Waals surface area contributed by atoms with E-state index in [0.717, 1.165) is 51.4 Å². The van der Waals surface area contributed by atoms with Crippen LogP contribution in [0.4, 0.5) is 0 Å². The van der Waals surface area contributed by atoms with Gasteiger partial charge >= 0.3 is 0 Å². The molecule has 1 aromatic heterocycles. The number of aliphatic imine (C=N–C) groups is 1. The Balaban J connectivity index is 1.61. The lowest BCUT2D eigenvalue weighted by Gasteiger charge is -2.26. The lowest BCUT2D eigenvalue weighted by molar-refractivity contribution is 0.0377. The summed E-state index contributed by atoms with van der Waals surface area (Å²) in [5.41, 5.74) is 1.12. The third kappa shape index (κ3) is 4.63. The molecule has 92 valence electrons. The van der Waals surface area contributed by atoms with E-state index in [9.17, 15) is 0 Å². The van der Waals surface area contributed by atoms with Crippen molar-refractivity contribution >= 4 is 6.21 Å². The lowest BCUT2D eigenvalue weighted by atomic mass is 10.3. The average molecular weight is 233 g/mol. The molecule has 0 saturated carbocycles. The molecule has 0 bridgehead atoms. The summed E-state index contributed by atoms with van der Waals surface area (Å²) in [6.45, 7) is 5.89. The van der Waals surface area contributed by atoms with Crippen LogP contribution in [0.15, 0.2) is 29.5 Å². The third-order valence-corrected chi connectivity index (χ3v) is 2.81. The summed E-state index contributed by atoms with van der Waals surface area (Å²) in [5, 5.41) is 0. The Kier molecular flexibility index (Phi) is 5.13. The van der Waals surface area contributed by atoms with Gasteiger partial charge in [-0.25, -0.2) is 0 Å². The minimum atomic E-state index is 0.875. The van der Waals surface area contributed by atoms with Crippen LogP contribution in [-0.2, 0) is 4.74 Å². The number of pyridine rings is 1. The number of morpholine rings is 1. The van der Waals surface area contributed by atoms with Crippen molar-refractivity contribution in [2.45, 2.75) is 6.42 Å². The van der Waals surface area contributed by atoms with Crippen LogP contribution in [0.1, 0.15) is 12.0 Å². The molecule has 0 spiro atoms. The normalized spacial score (nSPS) is 17.6. The molecule has 0 radical (unpaired) electrons.